The summed E-state index contributed by atoms with van der Waals surface area (Å²) in [5.41, 5.74) is 1.81. The van der Waals surface area contributed by atoms with Crippen LogP contribution < -0.4 is 10.2 Å². The van der Waals surface area contributed by atoms with Crippen LogP contribution in [0.25, 0.3) is 0 Å². The van der Waals surface area contributed by atoms with Crippen LogP contribution in [0, 0.1) is 0 Å². The van der Waals surface area contributed by atoms with Crippen LogP contribution in [0.2, 0.25) is 0 Å². The molecule has 6 heteroatoms. The molecule has 26 heavy (non-hydrogen) atoms. The second-order valence-corrected chi connectivity index (χ2v) is 5.86. The minimum Gasteiger partial charge on any atom is -0.480 e. The molecule has 0 aliphatic carbocycles. The predicted octanol–water partition coefficient (Wildman–Crippen LogP) is 3.48. The van der Waals surface area contributed by atoms with E-state index in [4.69, 9.17) is 0 Å². The second-order valence-electron chi connectivity index (χ2n) is 5.86. The largest absolute Gasteiger partial charge is 0.480 e. The van der Waals surface area contributed by atoms with Gasteiger partial charge in [0.25, 0.3) is 0 Å². The summed E-state index contributed by atoms with van der Waals surface area (Å²) in [4.78, 5) is 25.7. The molecule has 0 spiro atoms. The van der Waals surface area contributed by atoms with Crippen molar-refractivity contribution >= 4 is 30.0 Å². The number of carbonyl (C=O) groups excluding carboxylic acids is 1. The number of nitrogens with zero attached hydrogens (tertiary/aromatic N) is 1. The first-order valence-corrected chi connectivity index (χ1v) is 8.47. The average Bonchev–Trinajstić information content (AvgIpc) is 2.64. The van der Waals surface area contributed by atoms with E-state index in [9.17, 15) is 14.7 Å². The number of aliphatic carboxylic acids is 1. The van der Waals surface area contributed by atoms with Gasteiger partial charge in [-0.15, -0.1) is 12.4 Å². The molecule has 0 aliphatic heterocycles. The lowest BCUT2D eigenvalue weighted by molar-refractivity contribution is -0.139. The van der Waals surface area contributed by atoms with Crippen molar-refractivity contribution in [2.75, 3.05) is 11.4 Å². The zero-order valence-corrected chi connectivity index (χ0v) is 15.6. The minimum absolute atomic E-state index is 0. The molecule has 5 nitrogen and oxygen atoms in total. The van der Waals surface area contributed by atoms with Gasteiger partial charge in [0.1, 0.15) is 6.04 Å². The summed E-state index contributed by atoms with van der Waals surface area (Å²) in [6, 6.07) is 18.4. The molecule has 0 radical (unpaired) electrons. The van der Waals surface area contributed by atoms with Gasteiger partial charge in [0.2, 0.25) is 5.91 Å². The molecule has 2 rings (SSSR count). The summed E-state index contributed by atoms with van der Waals surface area (Å²) < 4.78 is 0. The van der Waals surface area contributed by atoms with Gasteiger partial charge in [-0.3, -0.25) is 14.9 Å². The van der Waals surface area contributed by atoms with Crippen LogP contribution in [0.5, 0.6) is 0 Å². The van der Waals surface area contributed by atoms with Crippen LogP contribution in [0.3, 0.4) is 0 Å². The van der Waals surface area contributed by atoms with Crippen molar-refractivity contribution in [2.45, 2.75) is 32.4 Å². The van der Waals surface area contributed by atoms with Crippen LogP contribution in [0.1, 0.15) is 25.3 Å². The standard InChI is InChI=1S/C20H24N2O3.ClH/c1-2-9-18(20(24)25)21-14-19(23)22(17-12-7-4-8-13-17)15-16-10-5-3-6-11-16;/h3-8,10-13,18,21H,2,9,14-15H2,1H3,(H,24,25);1H. The Morgan fingerprint density at radius 3 is 2.15 bits per heavy atom. The van der Waals surface area contributed by atoms with Crippen LogP contribution in [-0.2, 0) is 16.1 Å². The zero-order valence-electron chi connectivity index (χ0n) is 14.8. The highest BCUT2D eigenvalue weighted by atomic mass is 35.5. The van der Waals surface area contributed by atoms with E-state index in [-0.39, 0.29) is 24.9 Å². The maximum Gasteiger partial charge on any atom is 0.320 e. The zero-order chi connectivity index (χ0) is 18.1. The van der Waals surface area contributed by atoms with E-state index >= 15 is 0 Å². The quantitative estimate of drug-likeness (QED) is 0.703. The van der Waals surface area contributed by atoms with Crippen molar-refractivity contribution in [3.05, 3.63) is 66.2 Å². The third-order valence-corrected chi connectivity index (χ3v) is 3.93. The third-order valence-electron chi connectivity index (χ3n) is 3.93. The number of carboxylic acids is 1. The maximum atomic E-state index is 12.7. The summed E-state index contributed by atoms with van der Waals surface area (Å²) in [5, 5.41) is 12.1. The molecule has 140 valence electrons. The number of carboxylic acid groups (broad SMARTS) is 1. The van der Waals surface area contributed by atoms with Gasteiger partial charge in [-0.2, -0.15) is 0 Å². The first kappa shape index (κ1) is 21.7. The van der Waals surface area contributed by atoms with Gasteiger partial charge in [0, 0.05) is 5.69 Å². The van der Waals surface area contributed by atoms with Crippen molar-refractivity contribution in [1.29, 1.82) is 0 Å². The van der Waals surface area contributed by atoms with Gasteiger partial charge in [-0.25, -0.2) is 0 Å². The molecular formula is C20H25ClN2O3. The van der Waals surface area contributed by atoms with Crippen molar-refractivity contribution in [2.24, 2.45) is 0 Å². The maximum absolute atomic E-state index is 12.7. The number of benzene rings is 2. The molecule has 0 heterocycles. The Balaban J connectivity index is 0.00000338. The van der Waals surface area contributed by atoms with Crippen molar-refractivity contribution in [3.63, 3.8) is 0 Å². The lowest BCUT2D eigenvalue weighted by Gasteiger charge is -2.24. The van der Waals surface area contributed by atoms with Gasteiger partial charge < -0.3 is 10.0 Å². The molecule has 0 saturated heterocycles. The number of hydrogen-bond acceptors (Lipinski definition) is 3. The monoisotopic (exact) mass is 376 g/mol. The highest BCUT2D eigenvalue weighted by Crippen LogP contribution is 2.17. The van der Waals surface area contributed by atoms with E-state index in [1.165, 1.54) is 0 Å². The number of rotatable bonds is 9. The number of halogens is 1. The lowest BCUT2D eigenvalue weighted by Crippen LogP contribution is -2.44. The summed E-state index contributed by atoms with van der Waals surface area (Å²) in [5.74, 6) is -1.08. The minimum atomic E-state index is -0.927. The molecule has 2 aromatic carbocycles. The summed E-state index contributed by atoms with van der Waals surface area (Å²) in [6.45, 7) is 2.35. The molecule has 1 atom stereocenters. The number of carbonyl (C=O) groups is 2. The Labute approximate surface area is 160 Å². The van der Waals surface area contributed by atoms with Crippen LogP contribution >= 0.6 is 12.4 Å². The van der Waals surface area contributed by atoms with Crippen molar-refractivity contribution in [1.82, 2.24) is 5.32 Å². The molecule has 1 amide bonds. The van der Waals surface area contributed by atoms with Gasteiger partial charge in [0.05, 0.1) is 13.1 Å². The molecule has 0 fully saturated rings. The molecular weight excluding hydrogens is 352 g/mol. The number of anilines is 1. The third kappa shape index (κ3) is 6.50. The Kier molecular flexibility index (Phi) is 9.41. The predicted molar refractivity (Wildman–Crippen MR) is 106 cm³/mol. The smallest absolute Gasteiger partial charge is 0.320 e. The van der Waals surface area contributed by atoms with E-state index in [2.05, 4.69) is 5.32 Å². The Bertz CT molecular complexity index is 680. The topological polar surface area (TPSA) is 69.6 Å². The lowest BCUT2D eigenvalue weighted by atomic mass is 10.1. The number of nitrogens with one attached hydrogen (secondary N) is 1. The molecule has 0 aromatic heterocycles. The molecule has 1 unspecified atom stereocenters. The highest BCUT2D eigenvalue weighted by molar-refractivity contribution is 5.95. The molecule has 2 aromatic rings. The summed E-state index contributed by atoms with van der Waals surface area (Å²) >= 11 is 0. The summed E-state index contributed by atoms with van der Waals surface area (Å²) in [6.07, 6.45) is 1.23. The molecule has 2 N–H and O–H groups in total. The van der Waals surface area contributed by atoms with Gasteiger partial charge in [0.15, 0.2) is 0 Å². The van der Waals surface area contributed by atoms with E-state index < -0.39 is 12.0 Å². The molecule has 0 aliphatic rings. The molecule has 0 bridgehead atoms. The fourth-order valence-electron chi connectivity index (χ4n) is 2.60. The van der Waals surface area contributed by atoms with Crippen LogP contribution in [0.15, 0.2) is 60.7 Å². The van der Waals surface area contributed by atoms with Crippen LogP contribution in [-0.4, -0.2) is 29.6 Å². The number of amides is 1. The highest BCUT2D eigenvalue weighted by Gasteiger charge is 2.20. The van der Waals surface area contributed by atoms with E-state index in [0.29, 0.717) is 13.0 Å². The van der Waals surface area contributed by atoms with E-state index in [0.717, 1.165) is 17.7 Å². The van der Waals surface area contributed by atoms with Gasteiger partial charge in [-0.05, 0) is 24.1 Å². The Hall–Kier alpha value is -2.37. The Morgan fingerprint density at radius 2 is 1.62 bits per heavy atom. The normalized spacial score (nSPS) is 11.3. The van der Waals surface area contributed by atoms with Gasteiger partial charge in [-0.1, -0.05) is 61.9 Å². The second kappa shape index (κ2) is 11.3. The van der Waals surface area contributed by atoms with Crippen LogP contribution in [0.4, 0.5) is 5.69 Å². The first-order valence-electron chi connectivity index (χ1n) is 8.47. The SMILES string of the molecule is CCCC(NCC(=O)N(Cc1ccccc1)c1ccccc1)C(=O)O.Cl. The Morgan fingerprint density at radius 1 is 1.04 bits per heavy atom. The molecule has 0 saturated carbocycles. The van der Waals surface area contributed by atoms with Crippen molar-refractivity contribution in [3.8, 4) is 0 Å². The number of para-hydroxylation sites is 1. The average molecular weight is 377 g/mol. The van der Waals surface area contributed by atoms with Crippen molar-refractivity contribution < 1.29 is 14.7 Å². The van der Waals surface area contributed by atoms with Gasteiger partial charge >= 0.3 is 5.97 Å². The fourth-order valence-corrected chi connectivity index (χ4v) is 2.60. The summed E-state index contributed by atoms with van der Waals surface area (Å²) in [7, 11) is 0. The van der Waals surface area contributed by atoms with E-state index in [1.807, 2.05) is 67.6 Å². The number of hydrogen-bond donors (Lipinski definition) is 2. The first-order chi connectivity index (χ1) is 12.1. The fraction of sp³-hybridized carbons (Fsp3) is 0.300. The van der Waals surface area contributed by atoms with E-state index in [1.54, 1.807) is 4.90 Å².